The Balaban J connectivity index is 0.000000303. The van der Waals surface area contributed by atoms with Crippen LogP contribution in [0.5, 0.6) is 0 Å². The van der Waals surface area contributed by atoms with Gasteiger partial charge in [-0.15, -0.1) is 0 Å². The minimum absolute atomic E-state index is 0.0214. The highest BCUT2D eigenvalue weighted by Crippen LogP contribution is 2.27. The lowest BCUT2D eigenvalue weighted by Gasteiger charge is -2.33. The van der Waals surface area contributed by atoms with E-state index >= 15 is 0 Å². The van der Waals surface area contributed by atoms with Gasteiger partial charge in [-0.25, -0.2) is 0 Å². The van der Waals surface area contributed by atoms with E-state index in [9.17, 15) is 9.59 Å². The molecule has 30 heavy (non-hydrogen) atoms. The van der Waals surface area contributed by atoms with Gasteiger partial charge in [0.15, 0.2) is 0 Å². The molecule has 0 N–H and O–H groups in total. The maximum Gasteiger partial charge on any atom is 0.311 e. The number of carbonyl (C=O) groups is 2. The fraction of sp³-hybridized carbons (Fsp3) is 0.917. The van der Waals surface area contributed by atoms with Gasteiger partial charge in [-0.3, -0.25) is 9.59 Å². The second-order valence-electron chi connectivity index (χ2n) is 10.3. The first kappa shape index (κ1) is 26.9. The predicted octanol–water partition coefficient (Wildman–Crippen LogP) is 5.27. The van der Waals surface area contributed by atoms with Gasteiger partial charge in [-0.1, -0.05) is 27.2 Å². The molecule has 0 aromatic carbocycles. The van der Waals surface area contributed by atoms with Crippen LogP contribution in [-0.2, 0) is 28.5 Å². The smallest absolute Gasteiger partial charge is 0.311 e. The van der Waals surface area contributed by atoms with E-state index in [1.165, 1.54) is 19.3 Å². The van der Waals surface area contributed by atoms with Gasteiger partial charge in [0.1, 0.15) is 19.5 Å². The lowest BCUT2D eigenvalue weighted by atomic mass is 9.90. The van der Waals surface area contributed by atoms with Crippen molar-refractivity contribution in [2.24, 2.45) is 16.2 Å². The molecule has 1 saturated carbocycles. The minimum Gasteiger partial charge on any atom is -0.465 e. The second kappa shape index (κ2) is 12.0. The first-order chi connectivity index (χ1) is 14.0. The standard InChI is InChI=1S/C12H22O4.C12H22O2/c1-5-11(2,3)10(13)16-8-12(4)6-14-9-15-7-12;1-4-12(2,3)11(13)14-10-8-6-5-7-9-10/h5-9H2,1-4H3;10H,4-9H2,1-3H3. The van der Waals surface area contributed by atoms with Crippen LogP contribution < -0.4 is 0 Å². The van der Waals surface area contributed by atoms with Crippen molar-refractivity contribution >= 4 is 11.9 Å². The van der Waals surface area contributed by atoms with Crippen LogP contribution in [0.2, 0.25) is 0 Å². The summed E-state index contributed by atoms with van der Waals surface area (Å²) in [5.41, 5.74) is -0.929. The summed E-state index contributed by atoms with van der Waals surface area (Å²) < 4.78 is 21.3. The molecule has 0 spiro atoms. The van der Waals surface area contributed by atoms with E-state index in [1.807, 2.05) is 48.5 Å². The summed E-state index contributed by atoms with van der Waals surface area (Å²) in [5, 5.41) is 0. The lowest BCUT2D eigenvalue weighted by Crippen LogP contribution is -2.40. The van der Waals surface area contributed by atoms with Crippen molar-refractivity contribution in [3.63, 3.8) is 0 Å². The Morgan fingerprint density at radius 2 is 1.40 bits per heavy atom. The Morgan fingerprint density at radius 3 is 1.90 bits per heavy atom. The Labute approximate surface area is 183 Å². The van der Waals surface area contributed by atoms with Crippen LogP contribution in [0.4, 0.5) is 0 Å². The molecule has 0 aromatic rings. The number of hydrogen-bond acceptors (Lipinski definition) is 6. The summed E-state index contributed by atoms with van der Waals surface area (Å²) in [6.07, 6.45) is 7.66. The van der Waals surface area contributed by atoms with Crippen LogP contribution in [0.1, 0.15) is 93.4 Å². The fourth-order valence-electron chi connectivity index (χ4n) is 2.98. The van der Waals surface area contributed by atoms with Gasteiger partial charge in [-0.2, -0.15) is 0 Å². The molecule has 2 fully saturated rings. The van der Waals surface area contributed by atoms with E-state index in [-0.39, 0.29) is 28.9 Å². The van der Waals surface area contributed by atoms with Gasteiger partial charge < -0.3 is 18.9 Å². The van der Waals surface area contributed by atoms with E-state index in [0.29, 0.717) is 26.6 Å². The highest BCUT2D eigenvalue weighted by atomic mass is 16.7. The van der Waals surface area contributed by atoms with Crippen molar-refractivity contribution in [1.82, 2.24) is 0 Å². The average molecular weight is 429 g/mol. The third kappa shape index (κ3) is 8.93. The van der Waals surface area contributed by atoms with Crippen LogP contribution in [-0.4, -0.2) is 44.7 Å². The zero-order valence-electron chi connectivity index (χ0n) is 20.3. The summed E-state index contributed by atoms with van der Waals surface area (Å²) in [6.45, 7) is 15.6. The van der Waals surface area contributed by atoms with E-state index in [0.717, 1.165) is 25.7 Å². The van der Waals surface area contributed by atoms with E-state index in [4.69, 9.17) is 18.9 Å². The lowest BCUT2D eigenvalue weighted by molar-refractivity contribution is -0.185. The Kier molecular flexibility index (Phi) is 10.8. The molecule has 176 valence electrons. The molecule has 2 rings (SSSR count). The van der Waals surface area contributed by atoms with Crippen LogP contribution >= 0.6 is 0 Å². The molecule has 0 bridgehead atoms. The molecule has 1 aliphatic heterocycles. The van der Waals surface area contributed by atoms with Crippen LogP contribution in [0.3, 0.4) is 0 Å². The summed E-state index contributed by atoms with van der Waals surface area (Å²) in [4.78, 5) is 23.5. The van der Waals surface area contributed by atoms with Crippen molar-refractivity contribution in [2.75, 3.05) is 26.6 Å². The van der Waals surface area contributed by atoms with Crippen molar-refractivity contribution in [2.45, 2.75) is 99.5 Å². The third-order valence-electron chi connectivity index (χ3n) is 6.32. The van der Waals surface area contributed by atoms with Crippen LogP contribution in [0.25, 0.3) is 0 Å². The Bertz CT molecular complexity index is 528. The Morgan fingerprint density at radius 1 is 0.900 bits per heavy atom. The normalized spacial score (nSPS) is 20.0. The van der Waals surface area contributed by atoms with Crippen molar-refractivity contribution in [3.8, 4) is 0 Å². The Hall–Kier alpha value is -1.14. The van der Waals surface area contributed by atoms with E-state index in [2.05, 4.69) is 0 Å². The van der Waals surface area contributed by atoms with Gasteiger partial charge >= 0.3 is 11.9 Å². The molecule has 1 aliphatic carbocycles. The maximum absolute atomic E-state index is 11.8. The summed E-state index contributed by atoms with van der Waals surface area (Å²) in [5.74, 6) is -0.173. The zero-order chi connectivity index (χ0) is 22.8. The highest BCUT2D eigenvalue weighted by molar-refractivity contribution is 5.76. The number of esters is 2. The summed E-state index contributed by atoms with van der Waals surface area (Å²) in [7, 11) is 0. The molecule has 6 heteroatoms. The molecular formula is C24H44O6. The summed E-state index contributed by atoms with van der Waals surface area (Å²) in [6, 6.07) is 0. The van der Waals surface area contributed by atoms with Gasteiger partial charge in [0.05, 0.1) is 24.0 Å². The van der Waals surface area contributed by atoms with Crippen molar-refractivity contribution in [3.05, 3.63) is 0 Å². The van der Waals surface area contributed by atoms with Crippen molar-refractivity contribution in [1.29, 1.82) is 0 Å². The number of carbonyl (C=O) groups excluding carboxylic acids is 2. The third-order valence-corrected chi connectivity index (χ3v) is 6.32. The average Bonchev–Trinajstić information content (AvgIpc) is 2.73. The fourth-order valence-corrected chi connectivity index (χ4v) is 2.98. The minimum atomic E-state index is -0.410. The maximum atomic E-state index is 11.8. The van der Waals surface area contributed by atoms with Crippen LogP contribution in [0.15, 0.2) is 0 Å². The van der Waals surface area contributed by atoms with E-state index < -0.39 is 5.41 Å². The quantitative estimate of drug-likeness (QED) is 0.514. The van der Waals surface area contributed by atoms with Gasteiger partial charge in [-0.05, 0) is 66.2 Å². The van der Waals surface area contributed by atoms with Gasteiger partial charge in [0, 0.05) is 5.41 Å². The topological polar surface area (TPSA) is 71.1 Å². The molecule has 0 atom stereocenters. The van der Waals surface area contributed by atoms with Crippen molar-refractivity contribution < 1.29 is 28.5 Å². The largest absolute Gasteiger partial charge is 0.465 e. The number of hydrogen-bond donors (Lipinski definition) is 0. The predicted molar refractivity (Wildman–Crippen MR) is 117 cm³/mol. The number of rotatable bonds is 7. The second-order valence-corrected chi connectivity index (χ2v) is 10.3. The van der Waals surface area contributed by atoms with Gasteiger partial charge in [0.25, 0.3) is 0 Å². The molecule has 2 aliphatic rings. The SMILES string of the molecule is CCC(C)(C)C(=O)OC1CCCCC1.CCC(C)(C)C(=O)OCC1(C)COCOC1. The van der Waals surface area contributed by atoms with Gasteiger partial charge in [0.2, 0.25) is 0 Å². The first-order valence-corrected chi connectivity index (χ1v) is 11.5. The molecular weight excluding hydrogens is 384 g/mol. The highest BCUT2D eigenvalue weighted by Gasteiger charge is 2.34. The molecule has 0 aromatic heterocycles. The molecule has 1 saturated heterocycles. The van der Waals surface area contributed by atoms with Crippen LogP contribution in [0, 0.1) is 16.2 Å². The number of ether oxygens (including phenoxy) is 4. The molecule has 0 radical (unpaired) electrons. The summed E-state index contributed by atoms with van der Waals surface area (Å²) >= 11 is 0. The molecule has 1 heterocycles. The first-order valence-electron chi connectivity index (χ1n) is 11.5. The molecule has 6 nitrogen and oxygen atoms in total. The van der Waals surface area contributed by atoms with E-state index in [1.54, 1.807) is 0 Å². The zero-order valence-corrected chi connectivity index (χ0v) is 20.3. The molecule has 0 unspecified atom stereocenters. The monoisotopic (exact) mass is 428 g/mol. The molecule has 0 amide bonds.